The number of methoxy groups -OCH3 is 1. The largest absolute Gasteiger partial charge is 0.469 e. The Morgan fingerprint density at radius 3 is 2.75 bits per heavy atom. The molecule has 0 aliphatic carbocycles. The van der Waals surface area contributed by atoms with E-state index < -0.39 is 17.8 Å². The zero-order valence-corrected chi connectivity index (χ0v) is 11.0. The molecule has 1 fully saturated rings. The van der Waals surface area contributed by atoms with E-state index in [0.29, 0.717) is 5.69 Å². The lowest BCUT2D eigenvalue weighted by Gasteiger charge is -2.19. The van der Waals surface area contributed by atoms with E-state index >= 15 is 0 Å². The molecule has 0 spiro atoms. The van der Waals surface area contributed by atoms with Crippen molar-refractivity contribution in [1.82, 2.24) is 5.43 Å². The Hall–Kier alpha value is -2.41. The first-order chi connectivity index (χ1) is 9.58. The van der Waals surface area contributed by atoms with Crippen LogP contribution in [0.25, 0.3) is 0 Å². The van der Waals surface area contributed by atoms with Crippen LogP contribution in [0.1, 0.15) is 16.8 Å². The van der Waals surface area contributed by atoms with Gasteiger partial charge in [0.15, 0.2) is 0 Å². The molecule has 1 aliphatic heterocycles. The third-order valence-electron chi connectivity index (χ3n) is 3.23. The van der Waals surface area contributed by atoms with Gasteiger partial charge in [0.1, 0.15) is 0 Å². The summed E-state index contributed by atoms with van der Waals surface area (Å²) >= 11 is 0. The second-order valence-corrected chi connectivity index (χ2v) is 4.42. The third kappa shape index (κ3) is 2.48. The molecule has 7 heteroatoms. The second-order valence-electron chi connectivity index (χ2n) is 4.42. The number of hydrazine groups is 1. The van der Waals surface area contributed by atoms with Gasteiger partial charge in [0.2, 0.25) is 5.91 Å². The van der Waals surface area contributed by atoms with Crippen molar-refractivity contribution in [3.05, 3.63) is 29.8 Å². The van der Waals surface area contributed by atoms with E-state index in [1.54, 1.807) is 24.3 Å². The minimum atomic E-state index is -0.513. The van der Waals surface area contributed by atoms with Gasteiger partial charge in [0, 0.05) is 13.0 Å². The molecule has 20 heavy (non-hydrogen) atoms. The van der Waals surface area contributed by atoms with E-state index in [0.717, 1.165) is 0 Å². The summed E-state index contributed by atoms with van der Waals surface area (Å²) in [6, 6.07) is 6.59. The normalized spacial score (nSPS) is 18.0. The molecule has 1 unspecified atom stereocenters. The van der Waals surface area contributed by atoms with Crippen molar-refractivity contribution in [2.45, 2.75) is 6.42 Å². The number of hydrogen-bond donors (Lipinski definition) is 2. The van der Waals surface area contributed by atoms with Gasteiger partial charge < -0.3 is 9.64 Å². The molecule has 0 bridgehead atoms. The minimum Gasteiger partial charge on any atom is -0.469 e. The van der Waals surface area contributed by atoms with Gasteiger partial charge >= 0.3 is 5.97 Å². The van der Waals surface area contributed by atoms with Gasteiger partial charge in [0.05, 0.1) is 24.3 Å². The first kappa shape index (κ1) is 14.0. The summed E-state index contributed by atoms with van der Waals surface area (Å²) in [5, 5.41) is 0. The van der Waals surface area contributed by atoms with Crippen molar-refractivity contribution in [3.63, 3.8) is 0 Å². The standard InChI is InChI=1S/C13H15N3O4/c1-20-13(19)8-6-11(17)16(7-8)10-5-3-2-4-9(10)12(18)15-14/h2-5,8H,6-7,14H2,1H3,(H,15,18). The summed E-state index contributed by atoms with van der Waals surface area (Å²) in [4.78, 5) is 36.6. The molecule has 1 aromatic carbocycles. The lowest BCUT2D eigenvalue weighted by atomic mass is 10.1. The molecule has 106 valence electrons. The fourth-order valence-corrected chi connectivity index (χ4v) is 2.24. The molecule has 1 saturated heterocycles. The van der Waals surface area contributed by atoms with Crippen LogP contribution in [0.4, 0.5) is 5.69 Å². The van der Waals surface area contributed by atoms with Gasteiger partial charge in [-0.05, 0) is 12.1 Å². The SMILES string of the molecule is COC(=O)C1CC(=O)N(c2ccccc2C(=O)NN)C1. The van der Waals surface area contributed by atoms with Gasteiger partial charge in [-0.25, -0.2) is 5.84 Å². The van der Waals surface area contributed by atoms with Crippen LogP contribution in [-0.2, 0) is 14.3 Å². The molecule has 2 rings (SSSR count). The molecule has 0 saturated carbocycles. The van der Waals surface area contributed by atoms with E-state index in [1.807, 2.05) is 5.43 Å². The molecule has 1 aliphatic rings. The summed E-state index contributed by atoms with van der Waals surface area (Å²) in [6.45, 7) is 0.195. The van der Waals surface area contributed by atoms with Crippen LogP contribution in [0, 0.1) is 5.92 Å². The third-order valence-corrected chi connectivity index (χ3v) is 3.23. The maximum atomic E-state index is 12.0. The molecule has 0 aromatic heterocycles. The summed E-state index contributed by atoms with van der Waals surface area (Å²) < 4.78 is 4.65. The Kier molecular flexibility index (Phi) is 3.99. The van der Waals surface area contributed by atoms with Crippen molar-refractivity contribution in [2.24, 2.45) is 11.8 Å². The average molecular weight is 277 g/mol. The van der Waals surface area contributed by atoms with E-state index in [2.05, 4.69) is 4.74 Å². The molecular formula is C13H15N3O4. The number of benzene rings is 1. The number of nitrogens with two attached hydrogens (primary N) is 1. The topological polar surface area (TPSA) is 102 Å². The van der Waals surface area contributed by atoms with Crippen LogP contribution in [-0.4, -0.2) is 31.4 Å². The van der Waals surface area contributed by atoms with Crippen LogP contribution in [0.3, 0.4) is 0 Å². The highest BCUT2D eigenvalue weighted by Crippen LogP contribution is 2.28. The van der Waals surface area contributed by atoms with Crippen LogP contribution in [0.5, 0.6) is 0 Å². The lowest BCUT2D eigenvalue weighted by Crippen LogP contribution is -2.33. The Labute approximate surface area is 115 Å². The fourth-order valence-electron chi connectivity index (χ4n) is 2.24. The zero-order valence-electron chi connectivity index (χ0n) is 11.0. The highest BCUT2D eigenvalue weighted by Gasteiger charge is 2.37. The Balaban J connectivity index is 2.31. The number of nitrogens with zero attached hydrogens (tertiary/aromatic N) is 1. The molecule has 3 N–H and O–H groups in total. The molecule has 0 radical (unpaired) electrons. The first-order valence-corrected chi connectivity index (χ1v) is 6.06. The fraction of sp³-hybridized carbons (Fsp3) is 0.308. The molecular weight excluding hydrogens is 262 g/mol. The quantitative estimate of drug-likeness (QED) is 0.345. The highest BCUT2D eigenvalue weighted by atomic mass is 16.5. The number of amides is 2. The number of nitrogen functional groups attached to an aromatic ring is 1. The number of carbonyl (C=O) groups is 3. The van der Waals surface area contributed by atoms with Gasteiger partial charge in [-0.15, -0.1) is 0 Å². The van der Waals surface area contributed by atoms with E-state index in [4.69, 9.17) is 5.84 Å². The Morgan fingerprint density at radius 2 is 2.10 bits per heavy atom. The van der Waals surface area contributed by atoms with Crippen LogP contribution >= 0.6 is 0 Å². The van der Waals surface area contributed by atoms with Crippen LogP contribution in [0.2, 0.25) is 0 Å². The van der Waals surface area contributed by atoms with Crippen molar-refractivity contribution < 1.29 is 19.1 Å². The second kappa shape index (κ2) is 5.70. The Morgan fingerprint density at radius 1 is 1.40 bits per heavy atom. The molecule has 1 atom stereocenters. The number of ether oxygens (including phenoxy) is 1. The predicted molar refractivity (Wildman–Crippen MR) is 70.6 cm³/mol. The minimum absolute atomic E-state index is 0.0747. The van der Waals surface area contributed by atoms with E-state index in [1.165, 1.54) is 12.0 Å². The van der Waals surface area contributed by atoms with Crippen LogP contribution in [0.15, 0.2) is 24.3 Å². The number of carbonyl (C=O) groups excluding carboxylic acids is 3. The maximum Gasteiger partial charge on any atom is 0.311 e. The summed E-state index contributed by atoms with van der Waals surface area (Å²) in [5.74, 6) is 3.47. The van der Waals surface area contributed by atoms with Gasteiger partial charge in [0.25, 0.3) is 5.91 Å². The van der Waals surface area contributed by atoms with Crippen molar-refractivity contribution >= 4 is 23.5 Å². The number of nitrogens with one attached hydrogen (secondary N) is 1. The van der Waals surface area contributed by atoms with Crippen LogP contribution < -0.4 is 16.2 Å². The van der Waals surface area contributed by atoms with Crippen molar-refractivity contribution in [2.75, 3.05) is 18.6 Å². The maximum absolute atomic E-state index is 12.0. The number of rotatable bonds is 3. The number of anilines is 1. The average Bonchev–Trinajstić information content (AvgIpc) is 2.87. The number of hydrogen-bond acceptors (Lipinski definition) is 5. The van der Waals surface area contributed by atoms with Crippen molar-refractivity contribution in [1.29, 1.82) is 0 Å². The number of esters is 1. The van der Waals surface area contributed by atoms with E-state index in [9.17, 15) is 14.4 Å². The zero-order chi connectivity index (χ0) is 14.7. The number of para-hydroxylation sites is 1. The molecule has 1 heterocycles. The van der Waals surface area contributed by atoms with Gasteiger partial charge in [-0.3, -0.25) is 19.8 Å². The molecule has 2 amide bonds. The van der Waals surface area contributed by atoms with E-state index in [-0.39, 0.29) is 24.4 Å². The molecule has 7 nitrogen and oxygen atoms in total. The predicted octanol–water partition coefficient (Wildman–Crippen LogP) is -0.184. The monoisotopic (exact) mass is 277 g/mol. The van der Waals surface area contributed by atoms with Gasteiger partial charge in [-0.1, -0.05) is 12.1 Å². The summed E-state index contributed by atoms with van der Waals surface area (Å²) in [6.07, 6.45) is 0.0747. The Bertz CT molecular complexity index is 558. The summed E-state index contributed by atoms with van der Waals surface area (Å²) in [5.41, 5.74) is 2.76. The highest BCUT2D eigenvalue weighted by molar-refractivity contribution is 6.06. The van der Waals surface area contributed by atoms with Gasteiger partial charge in [-0.2, -0.15) is 0 Å². The molecule has 1 aromatic rings. The van der Waals surface area contributed by atoms with Crippen molar-refractivity contribution in [3.8, 4) is 0 Å². The lowest BCUT2D eigenvalue weighted by molar-refractivity contribution is -0.145. The summed E-state index contributed by atoms with van der Waals surface area (Å²) in [7, 11) is 1.28. The first-order valence-electron chi connectivity index (χ1n) is 6.06. The smallest absolute Gasteiger partial charge is 0.311 e.